The maximum atomic E-state index is 12.8. The number of hydrogen-bond donors (Lipinski definition) is 2. The van der Waals surface area contributed by atoms with Crippen LogP contribution in [0.2, 0.25) is 0 Å². The molecule has 0 aliphatic heterocycles. The number of primary amides is 1. The van der Waals surface area contributed by atoms with Gasteiger partial charge in [-0.25, -0.2) is 9.97 Å². The topological polar surface area (TPSA) is 154 Å². The summed E-state index contributed by atoms with van der Waals surface area (Å²) in [4.78, 5) is 44.9. The van der Waals surface area contributed by atoms with Crippen molar-refractivity contribution in [3.8, 4) is 11.5 Å². The van der Waals surface area contributed by atoms with Gasteiger partial charge >= 0.3 is 0 Å². The molecule has 10 nitrogen and oxygen atoms in total. The van der Waals surface area contributed by atoms with Crippen molar-refractivity contribution in [3.63, 3.8) is 0 Å². The first kappa shape index (κ1) is 19.3. The van der Waals surface area contributed by atoms with Gasteiger partial charge in [0.05, 0.1) is 18.0 Å². The van der Waals surface area contributed by atoms with Gasteiger partial charge in [-0.1, -0.05) is 18.2 Å². The third-order valence-corrected chi connectivity index (χ3v) is 4.86. The predicted octanol–water partition coefficient (Wildman–Crippen LogP) is 1.14. The van der Waals surface area contributed by atoms with E-state index in [1.54, 1.807) is 12.1 Å². The van der Waals surface area contributed by atoms with Crippen molar-refractivity contribution in [3.05, 3.63) is 60.2 Å². The number of para-hydroxylation sites is 1. The van der Waals surface area contributed by atoms with Gasteiger partial charge in [0, 0.05) is 29.8 Å². The molecule has 0 saturated heterocycles. The van der Waals surface area contributed by atoms with Crippen LogP contribution in [0.4, 0.5) is 0 Å². The highest BCUT2D eigenvalue weighted by Gasteiger charge is 2.29. The number of amides is 2. The zero-order chi connectivity index (χ0) is 21.1. The van der Waals surface area contributed by atoms with Crippen molar-refractivity contribution < 1.29 is 18.8 Å². The number of carbonyl (C=O) groups is 3. The highest BCUT2D eigenvalue weighted by atomic mass is 32.1. The van der Waals surface area contributed by atoms with Crippen molar-refractivity contribution in [2.75, 3.05) is 0 Å². The van der Waals surface area contributed by atoms with E-state index in [1.165, 1.54) is 18.7 Å². The Morgan fingerprint density at radius 3 is 2.63 bits per heavy atom. The molecule has 3 aromatic heterocycles. The first-order chi connectivity index (χ1) is 14.5. The van der Waals surface area contributed by atoms with Gasteiger partial charge in [0.1, 0.15) is 11.6 Å². The van der Waals surface area contributed by atoms with Gasteiger partial charge in [-0.3, -0.25) is 14.4 Å². The van der Waals surface area contributed by atoms with Crippen LogP contribution >= 0.6 is 11.7 Å². The molecule has 4 rings (SSSR count). The lowest BCUT2D eigenvalue weighted by atomic mass is 10.0. The molecule has 0 saturated carbocycles. The number of carbonyl (C=O) groups excluding carboxylic acids is 3. The zero-order valence-corrected chi connectivity index (χ0v) is 16.1. The van der Waals surface area contributed by atoms with Gasteiger partial charge in [-0.05, 0) is 12.1 Å². The predicted molar refractivity (Wildman–Crippen MR) is 106 cm³/mol. The Balaban J connectivity index is 1.62. The van der Waals surface area contributed by atoms with E-state index in [2.05, 4.69) is 24.0 Å². The van der Waals surface area contributed by atoms with E-state index in [9.17, 15) is 14.4 Å². The monoisotopic (exact) mass is 422 g/mol. The Morgan fingerprint density at radius 2 is 1.87 bits per heavy atom. The molecule has 1 atom stereocenters. The van der Waals surface area contributed by atoms with E-state index < -0.39 is 23.6 Å². The van der Waals surface area contributed by atoms with Crippen LogP contribution in [0.5, 0.6) is 0 Å². The van der Waals surface area contributed by atoms with E-state index in [0.717, 1.165) is 17.1 Å². The maximum absolute atomic E-state index is 12.8. The minimum atomic E-state index is -1.21. The molecule has 0 radical (unpaired) electrons. The Morgan fingerprint density at radius 1 is 1.10 bits per heavy atom. The number of benzene rings is 1. The minimum absolute atomic E-state index is 0.0132. The normalized spacial score (nSPS) is 11.9. The molecule has 0 spiro atoms. The lowest BCUT2D eigenvalue weighted by Gasteiger charge is -2.15. The second-order valence-corrected chi connectivity index (χ2v) is 6.78. The van der Waals surface area contributed by atoms with Crippen molar-refractivity contribution in [1.29, 1.82) is 0 Å². The third-order valence-electron chi connectivity index (χ3n) is 4.33. The number of fused-ring (bicyclic) bond motifs is 1. The average Bonchev–Trinajstić information content (AvgIpc) is 3.41. The van der Waals surface area contributed by atoms with Gasteiger partial charge in [0.25, 0.3) is 11.8 Å². The van der Waals surface area contributed by atoms with Crippen LogP contribution in [0, 0.1) is 0 Å². The summed E-state index contributed by atoms with van der Waals surface area (Å²) >= 11 is 0.806. The summed E-state index contributed by atoms with van der Waals surface area (Å²) in [7, 11) is 0. The van der Waals surface area contributed by atoms with Crippen LogP contribution in [0.1, 0.15) is 16.1 Å². The van der Waals surface area contributed by atoms with Crippen molar-refractivity contribution >= 4 is 40.3 Å². The Labute approximate surface area is 173 Å². The molecule has 0 aliphatic rings. The maximum Gasteiger partial charge on any atom is 0.287 e. The van der Waals surface area contributed by atoms with E-state index in [1.807, 2.05) is 18.2 Å². The third kappa shape index (κ3) is 3.78. The quantitative estimate of drug-likeness (QED) is 0.420. The molecule has 2 amide bonds. The summed E-state index contributed by atoms with van der Waals surface area (Å²) < 4.78 is 13.5. The van der Waals surface area contributed by atoms with Crippen molar-refractivity contribution in [2.45, 2.75) is 12.5 Å². The van der Waals surface area contributed by atoms with E-state index in [4.69, 9.17) is 10.2 Å². The molecule has 30 heavy (non-hydrogen) atoms. The highest BCUT2D eigenvalue weighted by molar-refractivity contribution is 6.99. The molecular formula is C19H14N6O4S. The number of nitrogens with zero attached hydrogens (tertiary/aromatic N) is 4. The molecule has 3 heterocycles. The molecular weight excluding hydrogens is 408 g/mol. The summed E-state index contributed by atoms with van der Waals surface area (Å²) in [6.45, 7) is 0. The SMILES string of the molecule is NC(=O)C(=O)C(Cc1coc2ccccc12)NC(=O)c1nsnc1-c1ncccn1. The molecule has 0 aliphatic carbocycles. The number of aromatic nitrogens is 4. The summed E-state index contributed by atoms with van der Waals surface area (Å²) in [5.74, 6) is -2.57. The summed E-state index contributed by atoms with van der Waals surface area (Å²) in [6.07, 6.45) is 4.50. The number of ketones is 1. The highest BCUT2D eigenvalue weighted by Crippen LogP contribution is 2.23. The van der Waals surface area contributed by atoms with Crippen molar-refractivity contribution in [2.24, 2.45) is 5.73 Å². The van der Waals surface area contributed by atoms with Gasteiger partial charge in [-0.2, -0.15) is 8.75 Å². The fourth-order valence-corrected chi connectivity index (χ4v) is 3.47. The standard InChI is InChI=1S/C19H14N6O4S/c20-17(27)16(26)12(8-10-9-29-13-5-2-1-4-11(10)13)23-19(28)15-14(24-30-25-15)18-21-6-3-7-22-18/h1-7,9,12H,8H2,(H2,20,27)(H,23,28). The fraction of sp³-hybridized carbons (Fsp3) is 0.105. The van der Waals surface area contributed by atoms with Crippen molar-refractivity contribution in [1.82, 2.24) is 24.0 Å². The fourth-order valence-electron chi connectivity index (χ4n) is 2.92. The van der Waals surface area contributed by atoms with Crippen LogP contribution < -0.4 is 11.1 Å². The number of rotatable bonds is 7. The second-order valence-electron chi connectivity index (χ2n) is 6.25. The molecule has 1 aromatic carbocycles. The number of nitrogens with one attached hydrogen (secondary N) is 1. The number of furan rings is 1. The van der Waals surface area contributed by atoms with Gasteiger partial charge in [-0.15, -0.1) is 0 Å². The first-order valence-electron chi connectivity index (χ1n) is 8.74. The molecule has 1 unspecified atom stereocenters. The summed E-state index contributed by atoms with van der Waals surface area (Å²) in [5.41, 5.74) is 6.58. The molecule has 4 aromatic rings. The number of Topliss-reactive ketones (excluding diaryl/α,β-unsaturated/α-hetero) is 1. The lowest BCUT2D eigenvalue weighted by Crippen LogP contribution is -2.47. The second kappa shape index (κ2) is 8.17. The Kier molecular flexibility index (Phi) is 5.26. The van der Waals surface area contributed by atoms with E-state index >= 15 is 0 Å². The average molecular weight is 422 g/mol. The van der Waals surface area contributed by atoms with Crippen LogP contribution in [-0.2, 0) is 16.0 Å². The smallest absolute Gasteiger partial charge is 0.287 e. The largest absolute Gasteiger partial charge is 0.464 e. The number of nitrogens with two attached hydrogens (primary N) is 1. The summed E-state index contributed by atoms with van der Waals surface area (Å²) in [6, 6.07) is 7.64. The van der Waals surface area contributed by atoms with Crippen LogP contribution in [0.3, 0.4) is 0 Å². The van der Waals surface area contributed by atoms with E-state index in [-0.39, 0.29) is 23.6 Å². The molecule has 0 fully saturated rings. The molecule has 150 valence electrons. The van der Waals surface area contributed by atoms with Gasteiger partial charge in [0.2, 0.25) is 5.78 Å². The first-order valence-corrected chi connectivity index (χ1v) is 9.47. The van der Waals surface area contributed by atoms with Crippen LogP contribution in [-0.4, -0.2) is 42.4 Å². The molecule has 0 bridgehead atoms. The Hall–Kier alpha value is -3.99. The van der Waals surface area contributed by atoms with Gasteiger partial charge < -0.3 is 15.5 Å². The molecule has 11 heteroatoms. The Bertz CT molecular complexity index is 1240. The van der Waals surface area contributed by atoms with Crippen LogP contribution in [0.25, 0.3) is 22.5 Å². The van der Waals surface area contributed by atoms with E-state index in [0.29, 0.717) is 11.1 Å². The minimum Gasteiger partial charge on any atom is -0.464 e. The lowest BCUT2D eigenvalue weighted by molar-refractivity contribution is -0.137. The molecule has 3 N–H and O–H groups in total. The van der Waals surface area contributed by atoms with Gasteiger partial charge in [0.15, 0.2) is 17.2 Å². The number of hydrogen-bond acceptors (Lipinski definition) is 9. The summed E-state index contributed by atoms with van der Waals surface area (Å²) in [5, 5.41) is 3.30. The zero-order valence-electron chi connectivity index (χ0n) is 15.3. The van der Waals surface area contributed by atoms with Crippen LogP contribution in [0.15, 0.2) is 53.4 Å².